The number of nitrogens with one attached hydrogen (secondary N) is 1. The highest BCUT2D eigenvalue weighted by Crippen LogP contribution is 2.25. The van der Waals surface area contributed by atoms with Crippen molar-refractivity contribution in [2.75, 3.05) is 14.2 Å². The van der Waals surface area contributed by atoms with Gasteiger partial charge in [-0.25, -0.2) is 4.39 Å². The van der Waals surface area contributed by atoms with Gasteiger partial charge in [0.25, 0.3) is 0 Å². The molecule has 2 atom stereocenters. The minimum absolute atomic E-state index is 0.0677. The minimum atomic E-state index is -0.301. The number of methoxy groups -OCH3 is 1. The van der Waals surface area contributed by atoms with E-state index in [1.165, 1.54) is 6.20 Å². The summed E-state index contributed by atoms with van der Waals surface area (Å²) in [5.74, 6) is -0.000402. The molecule has 0 aromatic carbocycles. The van der Waals surface area contributed by atoms with E-state index < -0.39 is 0 Å². The highest BCUT2D eigenvalue weighted by molar-refractivity contribution is 5.19. The Hall–Kier alpha value is -1.00. The van der Waals surface area contributed by atoms with Gasteiger partial charge in [-0.1, -0.05) is 13.8 Å². The second kappa shape index (κ2) is 5.92. The lowest BCUT2D eigenvalue weighted by Gasteiger charge is -2.29. The predicted molar refractivity (Wildman–Crippen MR) is 61.6 cm³/mol. The first-order valence-corrected chi connectivity index (χ1v) is 5.41. The SMILES string of the molecule is CNC(c1ccncc1F)C(OC)C(C)C. The molecule has 1 heterocycles. The summed E-state index contributed by atoms with van der Waals surface area (Å²) in [5, 5.41) is 3.10. The monoisotopic (exact) mass is 226 g/mol. The summed E-state index contributed by atoms with van der Waals surface area (Å²) in [4.78, 5) is 3.75. The molecule has 90 valence electrons. The van der Waals surface area contributed by atoms with Crippen LogP contribution in [0.25, 0.3) is 0 Å². The second-order valence-electron chi connectivity index (χ2n) is 4.11. The summed E-state index contributed by atoms with van der Waals surface area (Å²) >= 11 is 0. The van der Waals surface area contributed by atoms with Crippen molar-refractivity contribution in [3.8, 4) is 0 Å². The van der Waals surface area contributed by atoms with Crippen LogP contribution < -0.4 is 5.32 Å². The van der Waals surface area contributed by atoms with E-state index in [9.17, 15) is 4.39 Å². The number of pyridine rings is 1. The molecule has 0 amide bonds. The van der Waals surface area contributed by atoms with Crippen molar-refractivity contribution in [1.29, 1.82) is 0 Å². The number of ether oxygens (including phenoxy) is 1. The number of hydrogen-bond acceptors (Lipinski definition) is 3. The van der Waals surface area contributed by atoms with Gasteiger partial charge < -0.3 is 10.1 Å². The molecule has 0 aliphatic rings. The Morgan fingerprint density at radius 2 is 2.12 bits per heavy atom. The van der Waals surface area contributed by atoms with Gasteiger partial charge in [-0.15, -0.1) is 0 Å². The Balaban J connectivity index is 3.02. The van der Waals surface area contributed by atoms with Crippen LogP contribution in [0.4, 0.5) is 4.39 Å². The van der Waals surface area contributed by atoms with Crippen LogP contribution in [-0.2, 0) is 4.74 Å². The van der Waals surface area contributed by atoms with Gasteiger partial charge in [-0.2, -0.15) is 0 Å². The van der Waals surface area contributed by atoms with E-state index in [2.05, 4.69) is 24.1 Å². The van der Waals surface area contributed by atoms with Gasteiger partial charge in [0.05, 0.1) is 18.3 Å². The number of halogens is 1. The Labute approximate surface area is 96.0 Å². The first-order valence-electron chi connectivity index (χ1n) is 5.41. The fourth-order valence-electron chi connectivity index (χ4n) is 1.93. The second-order valence-corrected chi connectivity index (χ2v) is 4.11. The molecule has 0 saturated heterocycles. The van der Waals surface area contributed by atoms with Crippen LogP contribution in [0, 0.1) is 11.7 Å². The Kier molecular flexibility index (Phi) is 4.83. The lowest BCUT2D eigenvalue weighted by molar-refractivity contribution is 0.0338. The molecule has 0 aliphatic heterocycles. The van der Waals surface area contributed by atoms with Crippen molar-refractivity contribution in [2.45, 2.75) is 26.0 Å². The zero-order valence-corrected chi connectivity index (χ0v) is 10.2. The molecule has 0 aliphatic carbocycles. The van der Waals surface area contributed by atoms with Gasteiger partial charge >= 0.3 is 0 Å². The van der Waals surface area contributed by atoms with Gasteiger partial charge in [0.2, 0.25) is 0 Å². The molecule has 1 rings (SSSR count). The maximum absolute atomic E-state index is 13.6. The van der Waals surface area contributed by atoms with Crippen molar-refractivity contribution in [1.82, 2.24) is 10.3 Å². The van der Waals surface area contributed by atoms with Crippen LogP contribution in [0.5, 0.6) is 0 Å². The fraction of sp³-hybridized carbons (Fsp3) is 0.583. The normalized spacial score (nSPS) is 15.1. The third-order valence-corrected chi connectivity index (χ3v) is 2.71. The first-order chi connectivity index (χ1) is 7.61. The number of nitrogens with zero attached hydrogens (tertiary/aromatic N) is 1. The molecule has 0 saturated carbocycles. The van der Waals surface area contributed by atoms with Crippen LogP contribution in [0.1, 0.15) is 25.5 Å². The number of hydrogen-bond donors (Lipinski definition) is 1. The molecule has 0 spiro atoms. The topological polar surface area (TPSA) is 34.2 Å². The molecular formula is C12H19FN2O. The zero-order chi connectivity index (χ0) is 12.1. The van der Waals surface area contributed by atoms with E-state index in [0.717, 1.165) is 0 Å². The third kappa shape index (κ3) is 2.77. The van der Waals surface area contributed by atoms with Crippen molar-refractivity contribution in [2.24, 2.45) is 5.92 Å². The number of aromatic nitrogens is 1. The van der Waals surface area contributed by atoms with Crippen LogP contribution >= 0.6 is 0 Å². The van der Waals surface area contributed by atoms with Crippen LogP contribution in [-0.4, -0.2) is 25.2 Å². The first kappa shape index (κ1) is 13.1. The maximum atomic E-state index is 13.6. The molecule has 3 nitrogen and oxygen atoms in total. The highest BCUT2D eigenvalue weighted by atomic mass is 19.1. The smallest absolute Gasteiger partial charge is 0.146 e. The van der Waals surface area contributed by atoms with E-state index in [4.69, 9.17) is 4.74 Å². The van der Waals surface area contributed by atoms with Crippen LogP contribution in [0.15, 0.2) is 18.5 Å². The van der Waals surface area contributed by atoms with Crippen molar-refractivity contribution < 1.29 is 9.13 Å². The summed E-state index contributed by atoms with van der Waals surface area (Å²) in [6.45, 7) is 4.11. The molecule has 16 heavy (non-hydrogen) atoms. The van der Waals surface area contributed by atoms with Gasteiger partial charge in [-0.3, -0.25) is 4.98 Å². The van der Waals surface area contributed by atoms with Gasteiger partial charge in [0.15, 0.2) is 0 Å². The van der Waals surface area contributed by atoms with Crippen LogP contribution in [0.3, 0.4) is 0 Å². The third-order valence-electron chi connectivity index (χ3n) is 2.71. The largest absolute Gasteiger partial charge is 0.379 e. The van der Waals surface area contributed by atoms with E-state index >= 15 is 0 Å². The summed E-state index contributed by atoms with van der Waals surface area (Å²) < 4.78 is 19.1. The maximum Gasteiger partial charge on any atom is 0.146 e. The molecule has 1 aromatic rings. The van der Waals surface area contributed by atoms with Gasteiger partial charge in [0.1, 0.15) is 5.82 Å². The highest BCUT2D eigenvalue weighted by Gasteiger charge is 2.26. The average Bonchev–Trinajstić information content (AvgIpc) is 2.26. The molecular weight excluding hydrogens is 207 g/mol. The minimum Gasteiger partial charge on any atom is -0.379 e. The Morgan fingerprint density at radius 1 is 1.44 bits per heavy atom. The Bertz CT molecular complexity index is 331. The average molecular weight is 226 g/mol. The molecule has 0 radical (unpaired) electrons. The standard InChI is InChI=1S/C12H19FN2O/c1-8(2)12(16-4)11(14-3)9-5-6-15-7-10(9)13/h5-8,11-12,14H,1-4H3. The number of rotatable bonds is 5. The lowest BCUT2D eigenvalue weighted by atomic mass is 9.94. The summed E-state index contributed by atoms with van der Waals surface area (Å²) in [6, 6.07) is 1.53. The molecule has 0 bridgehead atoms. The molecule has 1 N–H and O–H groups in total. The molecule has 4 heteroatoms. The molecule has 0 fully saturated rings. The van der Waals surface area contributed by atoms with Crippen molar-refractivity contribution >= 4 is 0 Å². The fourth-order valence-corrected chi connectivity index (χ4v) is 1.93. The molecule has 1 aromatic heterocycles. The summed E-state index contributed by atoms with van der Waals surface area (Å²) in [5.41, 5.74) is 0.595. The van der Waals surface area contributed by atoms with Crippen molar-refractivity contribution in [3.63, 3.8) is 0 Å². The van der Waals surface area contributed by atoms with Crippen LogP contribution in [0.2, 0.25) is 0 Å². The zero-order valence-electron chi connectivity index (χ0n) is 10.2. The quantitative estimate of drug-likeness (QED) is 0.835. The van der Waals surface area contributed by atoms with E-state index in [1.807, 2.05) is 0 Å². The van der Waals surface area contributed by atoms with Gasteiger partial charge in [0, 0.05) is 18.9 Å². The van der Waals surface area contributed by atoms with E-state index in [0.29, 0.717) is 11.5 Å². The Morgan fingerprint density at radius 3 is 2.56 bits per heavy atom. The predicted octanol–water partition coefficient (Wildman–Crippen LogP) is 2.15. The van der Waals surface area contributed by atoms with E-state index in [-0.39, 0.29) is 18.0 Å². The molecule has 2 unspecified atom stereocenters. The number of likely N-dealkylation sites (N-methyl/N-ethyl adjacent to an activating group) is 1. The van der Waals surface area contributed by atoms with Gasteiger partial charge in [-0.05, 0) is 19.0 Å². The lowest BCUT2D eigenvalue weighted by Crippen LogP contribution is -2.35. The summed E-state index contributed by atoms with van der Waals surface area (Å²) in [7, 11) is 3.45. The van der Waals surface area contributed by atoms with E-state index in [1.54, 1.807) is 26.4 Å². The van der Waals surface area contributed by atoms with Crippen molar-refractivity contribution in [3.05, 3.63) is 29.8 Å². The summed E-state index contributed by atoms with van der Waals surface area (Å²) in [6.07, 6.45) is 2.75.